The maximum absolute atomic E-state index is 12.7. The quantitative estimate of drug-likeness (QED) is 0.593. The second kappa shape index (κ2) is 8.58. The third kappa shape index (κ3) is 4.43. The Bertz CT molecular complexity index is 1080. The van der Waals surface area contributed by atoms with Crippen LogP contribution in [0.5, 0.6) is 0 Å². The molecular weight excluding hydrogens is 398 g/mol. The second-order valence-electron chi connectivity index (χ2n) is 6.33. The Morgan fingerprint density at radius 1 is 1.18 bits per heavy atom. The summed E-state index contributed by atoms with van der Waals surface area (Å²) in [6.07, 6.45) is 0.184. The summed E-state index contributed by atoms with van der Waals surface area (Å²) < 4.78 is 7.47. The van der Waals surface area contributed by atoms with Crippen molar-refractivity contribution in [3.8, 4) is 0 Å². The Morgan fingerprint density at radius 2 is 1.89 bits per heavy atom. The van der Waals surface area contributed by atoms with Crippen molar-refractivity contribution < 1.29 is 14.3 Å². The van der Waals surface area contributed by atoms with E-state index in [4.69, 9.17) is 16.3 Å². The van der Waals surface area contributed by atoms with E-state index in [9.17, 15) is 9.59 Å². The zero-order valence-corrected chi connectivity index (χ0v) is 17.4. The lowest BCUT2D eigenvalue weighted by Gasteiger charge is -2.11. The first-order valence-electron chi connectivity index (χ1n) is 8.61. The lowest BCUT2D eigenvalue weighted by atomic mass is 10.2. The van der Waals surface area contributed by atoms with E-state index in [0.29, 0.717) is 21.9 Å². The van der Waals surface area contributed by atoms with Crippen LogP contribution >= 0.6 is 22.9 Å². The fourth-order valence-electron chi connectivity index (χ4n) is 2.71. The number of nitrogens with zero attached hydrogens (tertiary/aromatic N) is 3. The summed E-state index contributed by atoms with van der Waals surface area (Å²) in [6.45, 7) is 0.361. The highest BCUT2D eigenvalue weighted by atomic mass is 35.5. The van der Waals surface area contributed by atoms with Crippen molar-refractivity contribution in [3.63, 3.8) is 0 Å². The average molecular weight is 418 g/mol. The number of ether oxygens (including phenoxy) is 1. The van der Waals surface area contributed by atoms with Gasteiger partial charge < -0.3 is 14.2 Å². The molecule has 0 aliphatic rings. The van der Waals surface area contributed by atoms with Gasteiger partial charge in [0.2, 0.25) is 0 Å². The summed E-state index contributed by atoms with van der Waals surface area (Å²) >= 11 is 7.45. The lowest BCUT2D eigenvalue weighted by Crippen LogP contribution is -2.19. The minimum absolute atomic E-state index is 0.184. The molecule has 0 unspecified atom stereocenters. The number of aromatic nitrogens is 1. The molecule has 2 aromatic carbocycles. The fraction of sp³-hybridized carbons (Fsp3) is 0.250. The van der Waals surface area contributed by atoms with Crippen LogP contribution in [-0.2, 0) is 16.1 Å². The normalized spacial score (nSPS) is 11.6. The fourth-order valence-corrected chi connectivity index (χ4v) is 4.04. The molecule has 0 fully saturated rings. The third-order valence-electron chi connectivity index (χ3n) is 4.24. The Hall–Kier alpha value is -2.64. The van der Waals surface area contributed by atoms with Crippen molar-refractivity contribution in [2.45, 2.75) is 13.0 Å². The van der Waals surface area contributed by atoms with Gasteiger partial charge in [0.15, 0.2) is 4.80 Å². The van der Waals surface area contributed by atoms with E-state index in [1.807, 2.05) is 47.8 Å². The van der Waals surface area contributed by atoms with Crippen molar-refractivity contribution >= 4 is 50.7 Å². The zero-order chi connectivity index (χ0) is 20.3. The number of hydrogen-bond donors (Lipinski definition) is 0. The van der Waals surface area contributed by atoms with Crippen LogP contribution in [0.15, 0.2) is 47.5 Å². The van der Waals surface area contributed by atoms with Gasteiger partial charge in [-0.05, 0) is 42.5 Å². The second-order valence-corrected chi connectivity index (χ2v) is 7.78. The number of methoxy groups -OCH3 is 1. The van der Waals surface area contributed by atoms with E-state index >= 15 is 0 Å². The standard InChI is InChI=1S/C20H20ClN3O3S/c1-23(2)15-7-4-13(5-8-15)19(26)22-20-24(11-10-18(25)27-3)16-9-6-14(21)12-17(16)28-20/h4-9,12H,10-11H2,1-3H3. The number of esters is 1. The summed E-state index contributed by atoms with van der Waals surface area (Å²) in [4.78, 5) is 31.1. The number of rotatable bonds is 5. The van der Waals surface area contributed by atoms with Crippen molar-refractivity contribution in [1.82, 2.24) is 4.57 Å². The highest BCUT2D eigenvalue weighted by Crippen LogP contribution is 2.22. The first kappa shape index (κ1) is 20.1. The van der Waals surface area contributed by atoms with E-state index in [2.05, 4.69) is 4.99 Å². The lowest BCUT2D eigenvalue weighted by molar-refractivity contribution is -0.140. The maximum Gasteiger partial charge on any atom is 0.307 e. The number of carbonyl (C=O) groups excluding carboxylic acids is 2. The van der Waals surface area contributed by atoms with Crippen LogP contribution in [0.25, 0.3) is 10.2 Å². The molecule has 0 saturated carbocycles. The van der Waals surface area contributed by atoms with Gasteiger partial charge >= 0.3 is 5.97 Å². The largest absolute Gasteiger partial charge is 0.469 e. The predicted octanol–water partition coefficient (Wildman–Crippen LogP) is 3.73. The van der Waals surface area contributed by atoms with Crippen LogP contribution in [0.3, 0.4) is 0 Å². The van der Waals surface area contributed by atoms with Gasteiger partial charge in [-0.1, -0.05) is 22.9 Å². The molecule has 0 radical (unpaired) electrons. The van der Waals surface area contributed by atoms with E-state index < -0.39 is 0 Å². The molecule has 8 heteroatoms. The summed E-state index contributed by atoms with van der Waals surface area (Å²) in [5.41, 5.74) is 2.37. The van der Waals surface area contributed by atoms with Crippen LogP contribution in [0.4, 0.5) is 5.69 Å². The first-order chi connectivity index (χ1) is 13.4. The van der Waals surface area contributed by atoms with Crippen LogP contribution in [-0.4, -0.2) is 37.6 Å². The molecule has 0 saturated heterocycles. The van der Waals surface area contributed by atoms with Gasteiger partial charge in [-0.15, -0.1) is 0 Å². The van der Waals surface area contributed by atoms with E-state index in [-0.39, 0.29) is 18.3 Å². The van der Waals surface area contributed by atoms with E-state index in [1.165, 1.54) is 18.4 Å². The van der Waals surface area contributed by atoms with Gasteiger partial charge in [-0.2, -0.15) is 4.99 Å². The summed E-state index contributed by atoms with van der Waals surface area (Å²) in [5, 5.41) is 0.603. The Kier molecular flexibility index (Phi) is 6.16. The predicted molar refractivity (Wildman–Crippen MR) is 112 cm³/mol. The molecular formula is C20H20ClN3O3S. The van der Waals surface area contributed by atoms with Gasteiger partial charge in [0.1, 0.15) is 0 Å². The van der Waals surface area contributed by atoms with Gasteiger partial charge in [-0.3, -0.25) is 9.59 Å². The number of amides is 1. The van der Waals surface area contributed by atoms with Crippen LogP contribution < -0.4 is 9.70 Å². The number of halogens is 1. The smallest absolute Gasteiger partial charge is 0.307 e. The van der Waals surface area contributed by atoms with Gasteiger partial charge in [0, 0.05) is 36.9 Å². The third-order valence-corrected chi connectivity index (χ3v) is 5.52. The number of anilines is 1. The van der Waals surface area contributed by atoms with Gasteiger partial charge in [-0.25, -0.2) is 0 Å². The van der Waals surface area contributed by atoms with E-state index in [1.54, 1.807) is 18.2 Å². The van der Waals surface area contributed by atoms with Crippen LogP contribution in [0.1, 0.15) is 16.8 Å². The molecule has 3 rings (SSSR count). The number of carbonyl (C=O) groups is 2. The zero-order valence-electron chi connectivity index (χ0n) is 15.8. The van der Waals surface area contributed by atoms with Gasteiger partial charge in [0.05, 0.1) is 23.7 Å². The molecule has 146 valence electrons. The van der Waals surface area contributed by atoms with Crippen LogP contribution in [0.2, 0.25) is 5.02 Å². The molecule has 0 N–H and O–H groups in total. The summed E-state index contributed by atoms with van der Waals surface area (Å²) in [5.74, 6) is -0.660. The molecule has 1 aromatic heterocycles. The van der Waals surface area contributed by atoms with Crippen LogP contribution in [0, 0.1) is 0 Å². The molecule has 6 nitrogen and oxygen atoms in total. The Balaban J connectivity index is 2.02. The number of fused-ring (bicyclic) bond motifs is 1. The number of aryl methyl sites for hydroxylation is 1. The molecule has 3 aromatic rings. The first-order valence-corrected chi connectivity index (χ1v) is 9.80. The topological polar surface area (TPSA) is 63.9 Å². The maximum atomic E-state index is 12.7. The SMILES string of the molecule is COC(=O)CCn1c(=NC(=O)c2ccc(N(C)C)cc2)sc2cc(Cl)ccc21. The molecule has 0 bridgehead atoms. The van der Waals surface area contributed by atoms with Crippen molar-refractivity contribution in [2.24, 2.45) is 4.99 Å². The number of benzene rings is 2. The molecule has 28 heavy (non-hydrogen) atoms. The summed E-state index contributed by atoms with van der Waals surface area (Å²) in [7, 11) is 5.23. The average Bonchev–Trinajstić information content (AvgIpc) is 3.01. The molecule has 0 atom stereocenters. The van der Waals surface area contributed by atoms with E-state index in [0.717, 1.165) is 15.9 Å². The minimum atomic E-state index is -0.338. The number of hydrogen-bond acceptors (Lipinski definition) is 5. The van der Waals surface area contributed by atoms with Crippen molar-refractivity contribution in [3.05, 3.63) is 57.9 Å². The molecule has 0 aliphatic carbocycles. The highest BCUT2D eigenvalue weighted by Gasteiger charge is 2.12. The number of thiazole rings is 1. The molecule has 1 amide bonds. The Labute approximate surface area is 171 Å². The Morgan fingerprint density at radius 3 is 2.54 bits per heavy atom. The highest BCUT2D eigenvalue weighted by molar-refractivity contribution is 7.16. The van der Waals surface area contributed by atoms with Crippen molar-refractivity contribution in [1.29, 1.82) is 0 Å². The monoisotopic (exact) mass is 417 g/mol. The molecule has 0 aliphatic heterocycles. The van der Waals surface area contributed by atoms with Gasteiger partial charge in [0.25, 0.3) is 5.91 Å². The summed E-state index contributed by atoms with van der Waals surface area (Å²) in [6, 6.07) is 12.7. The molecule has 0 spiro atoms. The minimum Gasteiger partial charge on any atom is -0.469 e. The van der Waals surface area contributed by atoms with Crippen molar-refractivity contribution in [2.75, 3.05) is 26.1 Å². The molecule has 1 heterocycles.